The van der Waals surface area contributed by atoms with Crippen molar-refractivity contribution < 1.29 is 41.7 Å². The first-order valence-corrected chi connectivity index (χ1v) is 11.6. The Balaban J connectivity index is 1.53. The van der Waals surface area contributed by atoms with Crippen LogP contribution in [0, 0.1) is 0 Å². The van der Waals surface area contributed by atoms with Crippen molar-refractivity contribution in [2.24, 2.45) is 5.73 Å². The smallest absolute Gasteiger partial charge is 0.493 e. The minimum Gasteiger partial charge on any atom is -0.493 e. The number of nitrogens with two attached hydrogens (primary N) is 1. The molecule has 0 unspecified atom stereocenters. The first kappa shape index (κ1) is 27.6. The Bertz CT molecular complexity index is 1230. The number of benzene rings is 2. The molecule has 2 amide bonds. The molecule has 3 aromatic rings. The number of methoxy groups -OCH3 is 2. The summed E-state index contributed by atoms with van der Waals surface area (Å²) in [6, 6.07) is 10.2. The summed E-state index contributed by atoms with van der Waals surface area (Å²) in [5, 5.41) is 3.11. The summed E-state index contributed by atoms with van der Waals surface area (Å²) in [7, 11) is 3.10. The Hall–Kier alpha value is -4.00. The average Bonchev–Trinajstić information content (AvgIpc) is 3.28. The van der Waals surface area contributed by atoms with E-state index in [-0.39, 0.29) is 24.6 Å². The van der Waals surface area contributed by atoms with E-state index in [9.17, 15) is 22.8 Å². The topological polar surface area (TPSA) is 122 Å². The van der Waals surface area contributed by atoms with Crippen LogP contribution in [0.1, 0.15) is 25.9 Å². The maximum atomic E-state index is 12.2. The van der Waals surface area contributed by atoms with Crippen LogP contribution in [-0.2, 0) is 24.2 Å². The SMILES string of the molecule is COc1ccc(CCc2sc(CNC(=O)COc3ccc(OC(F)(F)F)cc3)nc2C(N)=O)cc1OC. The first-order chi connectivity index (χ1) is 17.6. The third-order valence-electron chi connectivity index (χ3n) is 4.93. The molecule has 0 aliphatic carbocycles. The van der Waals surface area contributed by atoms with Crippen molar-refractivity contribution in [1.29, 1.82) is 0 Å². The molecule has 3 N–H and O–H groups in total. The Labute approximate surface area is 214 Å². The second-order valence-electron chi connectivity index (χ2n) is 7.52. The van der Waals surface area contributed by atoms with Gasteiger partial charge in [0.25, 0.3) is 11.8 Å². The van der Waals surface area contributed by atoms with Crippen molar-refractivity contribution in [1.82, 2.24) is 10.3 Å². The average molecular weight is 540 g/mol. The third-order valence-corrected chi connectivity index (χ3v) is 6.04. The molecule has 0 bridgehead atoms. The summed E-state index contributed by atoms with van der Waals surface area (Å²) in [6.45, 7) is -0.332. The van der Waals surface area contributed by atoms with Crippen LogP contribution in [0.3, 0.4) is 0 Å². The van der Waals surface area contributed by atoms with Crippen molar-refractivity contribution in [3.8, 4) is 23.0 Å². The summed E-state index contributed by atoms with van der Waals surface area (Å²) in [5.74, 6) is -0.171. The second-order valence-corrected chi connectivity index (χ2v) is 8.69. The number of hydrogen-bond donors (Lipinski definition) is 2. The number of ether oxygens (including phenoxy) is 4. The number of aryl methyl sites for hydroxylation is 2. The van der Waals surface area contributed by atoms with Gasteiger partial charge in [-0.2, -0.15) is 0 Å². The fourth-order valence-corrected chi connectivity index (χ4v) is 4.26. The Morgan fingerprint density at radius 2 is 1.68 bits per heavy atom. The lowest BCUT2D eigenvalue weighted by molar-refractivity contribution is -0.274. The van der Waals surface area contributed by atoms with E-state index in [4.69, 9.17) is 19.9 Å². The highest BCUT2D eigenvalue weighted by Gasteiger charge is 2.31. The van der Waals surface area contributed by atoms with E-state index >= 15 is 0 Å². The zero-order valence-corrected chi connectivity index (χ0v) is 20.7. The quantitative estimate of drug-likeness (QED) is 0.360. The van der Waals surface area contributed by atoms with E-state index in [1.54, 1.807) is 20.3 Å². The Morgan fingerprint density at radius 1 is 1.00 bits per heavy atom. The van der Waals surface area contributed by atoms with Gasteiger partial charge >= 0.3 is 6.36 Å². The lowest BCUT2D eigenvalue weighted by Gasteiger charge is -2.10. The van der Waals surface area contributed by atoms with Gasteiger partial charge in [-0.15, -0.1) is 24.5 Å². The van der Waals surface area contributed by atoms with Gasteiger partial charge in [0.2, 0.25) is 0 Å². The fourth-order valence-electron chi connectivity index (χ4n) is 3.24. The van der Waals surface area contributed by atoms with E-state index in [1.807, 2.05) is 12.1 Å². The lowest BCUT2D eigenvalue weighted by atomic mass is 10.1. The molecule has 37 heavy (non-hydrogen) atoms. The van der Waals surface area contributed by atoms with E-state index in [1.165, 1.54) is 23.5 Å². The number of carbonyl (C=O) groups is 2. The highest BCUT2D eigenvalue weighted by molar-refractivity contribution is 7.11. The number of aromatic nitrogens is 1. The molecule has 3 rings (SSSR count). The monoisotopic (exact) mass is 539 g/mol. The molecule has 0 aliphatic heterocycles. The Morgan fingerprint density at radius 3 is 2.30 bits per heavy atom. The van der Waals surface area contributed by atoms with E-state index < -0.39 is 23.9 Å². The predicted molar refractivity (Wildman–Crippen MR) is 128 cm³/mol. The summed E-state index contributed by atoms with van der Waals surface area (Å²) in [4.78, 5) is 29.0. The Kier molecular flexibility index (Phi) is 9.17. The molecule has 0 atom stereocenters. The van der Waals surface area contributed by atoms with Crippen molar-refractivity contribution in [3.63, 3.8) is 0 Å². The zero-order chi connectivity index (χ0) is 27.0. The lowest BCUT2D eigenvalue weighted by Crippen LogP contribution is -2.28. The van der Waals surface area contributed by atoms with Gasteiger partial charge in [-0.05, 0) is 54.8 Å². The van der Waals surface area contributed by atoms with Crippen LogP contribution in [0.5, 0.6) is 23.0 Å². The van der Waals surface area contributed by atoms with Gasteiger partial charge in [0.15, 0.2) is 18.1 Å². The van der Waals surface area contributed by atoms with Gasteiger partial charge in [-0.1, -0.05) is 6.07 Å². The number of nitrogens with one attached hydrogen (secondary N) is 1. The van der Waals surface area contributed by atoms with Crippen LogP contribution in [0.4, 0.5) is 13.2 Å². The molecule has 0 aliphatic rings. The van der Waals surface area contributed by atoms with Gasteiger partial charge in [0.1, 0.15) is 22.2 Å². The molecule has 1 aromatic heterocycles. The minimum absolute atomic E-state index is 0.0435. The number of alkyl halides is 3. The number of rotatable bonds is 12. The largest absolute Gasteiger partial charge is 0.573 e. The van der Waals surface area contributed by atoms with Crippen LogP contribution in [0.2, 0.25) is 0 Å². The number of amides is 2. The molecule has 0 fully saturated rings. The maximum Gasteiger partial charge on any atom is 0.573 e. The summed E-state index contributed by atoms with van der Waals surface area (Å²) >= 11 is 1.26. The molecule has 0 radical (unpaired) electrons. The standard InChI is InChI=1S/C24H24F3N3O6S/c1-33-17-9-3-14(11-18(17)34-2)4-10-19-22(23(28)32)30-21(37-19)12-29-20(31)13-35-15-5-7-16(8-6-15)36-24(25,26)27/h3,5-9,11H,4,10,12-13H2,1-2H3,(H2,28,32)(H,29,31). The van der Waals surface area contributed by atoms with Crippen LogP contribution in [0.15, 0.2) is 42.5 Å². The molecular formula is C24H24F3N3O6S. The summed E-state index contributed by atoms with van der Waals surface area (Å²) in [6.07, 6.45) is -3.71. The number of thiazole rings is 1. The second kappa shape index (κ2) is 12.3. The fraction of sp³-hybridized carbons (Fsp3) is 0.292. The number of nitrogens with zero attached hydrogens (tertiary/aromatic N) is 1. The molecule has 13 heteroatoms. The van der Waals surface area contributed by atoms with Crippen LogP contribution in [-0.4, -0.2) is 44.0 Å². The molecule has 0 spiro atoms. The minimum atomic E-state index is -4.80. The number of halogens is 3. The van der Waals surface area contributed by atoms with Gasteiger partial charge in [-0.25, -0.2) is 4.98 Å². The normalized spacial score (nSPS) is 11.1. The van der Waals surface area contributed by atoms with Crippen LogP contribution < -0.4 is 30.0 Å². The predicted octanol–water partition coefficient (Wildman–Crippen LogP) is 3.64. The van der Waals surface area contributed by atoms with Crippen LogP contribution >= 0.6 is 11.3 Å². The van der Waals surface area contributed by atoms with Crippen molar-refractivity contribution in [3.05, 3.63) is 63.6 Å². The van der Waals surface area contributed by atoms with Crippen molar-refractivity contribution in [2.45, 2.75) is 25.7 Å². The first-order valence-electron chi connectivity index (χ1n) is 10.8. The zero-order valence-electron chi connectivity index (χ0n) is 19.9. The third kappa shape index (κ3) is 8.27. The van der Waals surface area contributed by atoms with Crippen LogP contribution in [0.25, 0.3) is 0 Å². The van der Waals surface area contributed by atoms with Crippen molar-refractivity contribution in [2.75, 3.05) is 20.8 Å². The molecule has 198 valence electrons. The van der Waals surface area contributed by atoms with Gasteiger partial charge in [0.05, 0.1) is 20.8 Å². The van der Waals surface area contributed by atoms with Gasteiger partial charge in [0, 0.05) is 4.88 Å². The molecule has 9 nitrogen and oxygen atoms in total. The van der Waals surface area contributed by atoms with Crippen molar-refractivity contribution >= 4 is 23.2 Å². The number of carbonyl (C=O) groups excluding carboxylic acids is 2. The summed E-state index contributed by atoms with van der Waals surface area (Å²) in [5.41, 5.74) is 6.59. The maximum absolute atomic E-state index is 12.2. The number of hydrogen-bond acceptors (Lipinski definition) is 8. The molecule has 2 aromatic carbocycles. The molecule has 0 saturated carbocycles. The van der Waals surface area contributed by atoms with E-state index in [0.29, 0.717) is 34.2 Å². The molecular weight excluding hydrogens is 515 g/mol. The van der Waals surface area contributed by atoms with Gasteiger partial charge in [-0.3, -0.25) is 9.59 Å². The summed E-state index contributed by atoms with van der Waals surface area (Å²) < 4.78 is 56.3. The molecule has 1 heterocycles. The van der Waals surface area contributed by atoms with Gasteiger partial charge < -0.3 is 30.0 Å². The van der Waals surface area contributed by atoms with E-state index in [2.05, 4.69) is 15.0 Å². The molecule has 0 saturated heterocycles. The van der Waals surface area contributed by atoms with E-state index in [0.717, 1.165) is 17.7 Å². The highest BCUT2D eigenvalue weighted by Crippen LogP contribution is 2.29. The highest BCUT2D eigenvalue weighted by atomic mass is 32.1. The number of primary amides is 1.